The Morgan fingerprint density at radius 3 is 2.62 bits per heavy atom. The van der Waals surface area contributed by atoms with Crippen LogP contribution in [-0.2, 0) is 0 Å². The van der Waals surface area contributed by atoms with Gasteiger partial charge in [0.2, 0.25) is 0 Å². The zero-order valence-corrected chi connectivity index (χ0v) is 10.8. The van der Waals surface area contributed by atoms with E-state index in [-0.39, 0.29) is 0 Å². The molecule has 0 aliphatic heterocycles. The monoisotopic (exact) mass is 242 g/mol. The Balaban J connectivity index is 3.13. The van der Waals surface area contributed by atoms with Crippen LogP contribution >= 0.6 is 11.6 Å². The van der Waals surface area contributed by atoms with Crippen LogP contribution in [0.25, 0.3) is 0 Å². The number of likely N-dealkylation sites (N-methyl/N-ethyl adjacent to an activating group) is 1. The third-order valence-corrected chi connectivity index (χ3v) is 2.99. The van der Waals surface area contributed by atoms with Gasteiger partial charge < -0.3 is 15.4 Å². The summed E-state index contributed by atoms with van der Waals surface area (Å²) in [4.78, 5) is 2.18. The highest BCUT2D eigenvalue weighted by Gasteiger charge is 2.12. The minimum atomic E-state index is 0.624. The third-order valence-electron chi connectivity index (χ3n) is 2.58. The van der Waals surface area contributed by atoms with Crippen LogP contribution in [0.1, 0.15) is 12.5 Å². The van der Waals surface area contributed by atoms with Gasteiger partial charge in [0, 0.05) is 30.7 Å². The van der Waals surface area contributed by atoms with Crippen LogP contribution in [0.4, 0.5) is 5.69 Å². The van der Waals surface area contributed by atoms with Gasteiger partial charge in [-0.15, -0.1) is 0 Å². The minimum absolute atomic E-state index is 0.624. The van der Waals surface area contributed by atoms with Crippen molar-refractivity contribution in [3.05, 3.63) is 22.7 Å². The van der Waals surface area contributed by atoms with Crippen molar-refractivity contribution in [2.75, 3.05) is 31.6 Å². The maximum Gasteiger partial charge on any atom is 0.143 e. The van der Waals surface area contributed by atoms with Crippen molar-refractivity contribution >= 4 is 17.3 Å². The van der Waals surface area contributed by atoms with E-state index in [2.05, 4.69) is 11.8 Å². The first-order valence-corrected chi connectivity index (χ1v) is 5.81. The summed E-state index contributed by atoms with van der Waals surface area (Å²) in [5.74, 6) is 0.797. The van der Waals surface area contributed by atoms with Crippen molar-refractivity contribution in [1.82, 2.24) is 0 Å². The van der Waals surface area contributed by atoms with Gasteiger partial charge in [-0.3, -0.25) is 0 Å². The van der Waals surface area contributed by atoms with Gasteiger partial charge in [-0.2, -0.15) is 0 Å². The molecule has 1 rings (SSSR count). The largest absolute Gasteiger partial charge is 0.495 e. The first-order valence-electron chi connectivity index (χ1n) is 5.43. The standard InChI is InChI=1S/C12H19ClN2O/c1-4-15(6-5-14)11-7-9(2)10(13)8-12(11)16-3/h7-8H,4-6,14H2,1-3H3. The first kappa shape index (κ1) is 13.1. The number of anilines is 1. The van der Waals surface area contributed by atoms with Gasteiger partial charge in [-0.1, -0.05) is 11.6 Å². The van der Waals surface area contributed by atoms with Gasteiger partial charge in [-0.05, 0) is 25.5 Å². The molecule has 0 atom stereocenters. The molecule has 4 heteroatoms. The average molecular weight is 243 g/mol. The molecule has 0 aliphatic carbocycles. The quantitative estimate of drug-likeness (QED) is 0.862. The lowest BCUT2D eigenvalue weighted by atomic mass is 10.2. The summed E-state index contributed by atoms with van der Waals surface area (Å²) in [7, 11) is 1.65. The Bertz CT molecular complexity index is 355. The topological polar surface area (TPSA) is 38.5 Å². The maximum atomic E-state index is 6.07. The normalized spacial score (nSPS) is 10.3. The second-order valence-electron chi connectivity index (χ2n) is 3.64. The number of ether oxygens (including phenoxy) is 1. The molecule has 0 saturated heterocycles. The molecular weight excluding hydrogens is 224 g/mol. The molecule has 0 aromatic heterocycles. The Hall–Kier alpha value is -0.930. The van der Waals surface area contributed by atoms with Crippen molar-refractivity contribution < 1.29 is 4.74 Å². The molecule has 0 aliphatic rings. The zero-order valence-electron chi connectivity index (χ0n) is 10.1. The van der Waals surface area contributed by atoms with Crippen molar-refractivity contribution in [3.63, 3.8) is 0 Å². The van der Waals surface area contributed by atoms with Gasteiger partial charge in [-0.25, -0.2) is 0 Å². The molecule has 1 aromatic rings. The van der Waals surface area contributed by atoms with Crippen LogP contribution in [0.2, 0.25) is 5.02 Å². The van der Waals surface area contributed by atoms with E-state index >= 15 is 0 Å². The molecule has 0 fully saturated rings. The van der Waals surface area contributed by atoms with Crippen LogP contribution in [-0.4, -0.2) is 26.7 Å². The van der Waals surface area contributed by atoms with E-state index in [1.807, 2.05) is 19.1 Å². The van der Waals surface area contributed by atoms with E-state index in [1.54, 1.807) is 7.11 Å². The molecule has 0 heterocycles. The molecule has 0 saturated carbocycles. The fraction of sp³-hybridized carbons (Fsp3) is 0.500. The molecule has 16 heavy (non-hydrogen) atoms. The molecule has 90 valence electrons. The van der Waals surface area contributed by atoms with Crippen molar-refractivity contribution in [2.24, 2.45) is 5.73 Å². The summed E-state index contributed by atoms with van der Waals surface area (Å²) in [6.45, 7) is 6.42. The number of nitrogens with zero attached hydrogens (tertiary/aromatic N) is 1. The Morgan fingerprint density at radius 2 is 2.12 bits per heavy atom. The molecule has 0 spiro atoms. The highest BCUT2D eigenvalue weighted by molar-refractivity contribution is 6.31. The Labute approximate surface area is 102 Å². The Kier molecular flexibility index (Phi) is 4.90. The van der Waals surface area contributed by atoms with Crippen LogP contribution < -0.4 is 15.4 Å². The van der Waals surface area contributed by atoms with E-state index in [9.17, 15) is 0 Å². The third kappa shape index (κ3) is 2.80. The minimum Gasteiger partial charge on any atom is -0.495 e. The van der Waals surface area contributed by atoms with Crippen LogP contribution in [0, 0.1) is 6.92 Å². The van der Waals surface area contributed by atoms with Crippen LogP contribution in [0.3, 0.4) is 0 Å². The summed E-state index contributed by atoms with van der Waals surface area (Å²) < 4.78 is 5.34. The number of rotatable bonds is 5. The summed E-state index contributed by atoms with van der Waals surface area (Å²) in [5.41, 5.74) is 7.70. The van der Waals surface area contributed by atoms with Gasteiger partial charge in [0.15, 0.2) is 0 Å². The molecule has 1 aromatic carbocycles. The molecule has 0 unspecified atom stereocenters. The van der Waals surface area contributed by atoms with Gasteiger partial charge >= 0.3 is 0 Å². The predicted octanol–water partition coefficient (Wildman–Crippen LogP) is 2.44. The van der Waals surface area contributed by atoms with E-state index < -0.39 is 0 Å². The predicted molar refractivity (Wildman–Crippen MR) is 69.7 cm³/mol. The number of benzene rings is 1. The second kappa shape index (κ2) is 5.97. The van der Waals surface area contributed by atoms with Gasteiger partial charge in [0.05, 0.1) is 12.8 Å². The molecular formula is C12H19ClN2O. The fourth-order valence-corrected chi connectivity index (χ4v) is 1.82. The number of hydrogen-bond acceptors (Lipinski definition) is 3. The zero-order chi connectivity index (χ0) is 12.1. The molecule has 3 nitrogen and oxygen atoms in total. The van der Waals surface area contributed by atoms with E-state index in [4.69, 9.17) is 22.1 Å². The van der Waals surface area contributed by atoms with Crippen molar-refractivity contribution in [3.8, 4) is 5.75 Å². The summed E-state index contributed by atoms with van der Waals surface area (Å²) in [6, 6.07) is 3.89. The van der Waals surface area contributed by atoms with E-state index in [1.165, 1.54) is 0 Å². The summed E-state index contributed by atoms with van der Waals surface area (Å²) in [5, 5.41) is 0.726. The lowest BCUT2D eigenvalue weighted by molar-refractivity contribution is 0.414. The number of nitrogens with two attached hydrogens (primary N) is 1. The molecule has 0 amide bonds. The number of aryl methyl sites for hydroxylation is 1. The van der Waals surface area contributed by atoms with Gasteiger partial charge in [0.25, 0.3) is 0 Å². The van der Waals surface area contributed by atoms with E-state index in [0.29, 0.717) is 6.54 Å². The molecule has 0 radical (unpaired) electrons. The SMILES string of the molecule is CCN(CCN)c1cc(C)c(Cl)cc1OC. The van der Waals surface area contributed by atoms with Gasteiger partial charge in [0.1, 0.15) is 5.75 Å². The number of halogens is 1. The lowest BCUT2D eigenvalue weighted by Crippen LogP contribution is -2.29. The molecule has 0 bridgehead atoms. The summed E-state index contributed by atoms with van der Waals surface area (Å²) in [6.07, 6.45) is 0. The first-order chi connectivity index (χ1) is 7.63. The number of hydrogen-bond donors (Lipinski definition) is 1. The van der Waals surface area contributed by atoms with E-state index in [0.717, 1.165) is 35.1 Å². The Morgan fingerprint density at radius 1 is 1.44 bits per heavy atom. The maximum absolute atomic E-state index is 6.07. The van der Waals surface area contributed by atoms with Crippen LogP contribution in [0.5, 0.6) is 5.75 Å². The highest BCUT2D eigenvalue weighted by Crippen LogP contribution is 2.33. The smallest absolute Gasteiger partial charge is 0.143 e. The molecule has 2 N–H and O–H groups in total. The number of methoxy groups -OCH3 is 1. The fourth-order valence-electron chi connectivity index (χ4n) is 1.66. The lowest BCUT2D eigenvalue weighted by Gasteiger charge is -2.25. The summed E-state index contributed by atoms with van der Waals surface area (Å²) >= 11 is 6.07. The second-order valence-corrected chi connectivity index (χ2v) is 4.05. The van der Waals surface area contributed by atoms with Crippen molar-refractivity contribution in [2.45, 2.75) is 13.8 Å². The van der Waals surface area contributed by atoms with Crippen molar-refractivity contribution in [1.29, 1.82) is 0 Å². The highest BCUT2D eigenvalue weighted by atomic mass is 35.5. The average Bonchev–Trinajstić information content (AvgIpc) is 2.29. The van der Waals surface area contributed by atoms with Crippen LogP contribution in [0.15, 0.2) is 12.1 Å².